The summed E-state index contributed by atoms with van der Waals surface area (Å²) in [6.07, 6.45) is 1.62. The van der Waals surface area contributed by atoms with Crippen LogP contribution >= 0.6 is 38.5 Å². The quantitative estimate of drug-likeness (QED) is 0.192. The molecule has 4 rings (SSSR count). The van der Waals surface area contributed by atoms with E-state index in [0.29, 0.717) is 28.2 Å². The molecule has 1 aliphatic rings. The Bertz CT molecular complexity index is 1260. The topological polar surface area (TPSA) is 57.1 Å². The number of nitrogens with zero attached hydrogens (tertiary/aromatic N) is 1. The van der Waals surface area contributed by atoms with Gasteiger partial charge in [0.2, 0.25) is 5.90 Å². The summed E-state index contributed by atoms with van der Waals surface area (Å²) >= 11 is 5.55. The molecule has 162 valence electrons. The highest BCUT2D eigenvalue weighted by Gasteiger charge is 2.25. The molecule has 0 saturated carbocycles. The lowest BCUT2D eigenvalue weighted by atomic mass is 10.1. The first-order valence-corrected chi connectivity index (χ1v) is 11.3. The van der Waals surface area contributed by atoms with Gasteiger partial charge in [0.05, 0.1) is 16.2 Å². The number of ether oxygens (including phenoxy) is 3. The van der Waals surface area contributed by atoms with Gasteiger partial charge in [-0.3, -0.25) is 0 Å². The minimum absolute atomic E-state index is 0.0609. The number of hydrogen-bond donors (Lipinski definition) is 0. The van der Waals surface area contributed by atoms with Gasteiger partial charge in [0.15, 0.2) is 17.2 Å². The van der Waals surface area contributed by atoms with Crippen LogP contribution in [0.4, 0.5) is 4.39 Å². The van der Waals surface area contributed by atoms with E-state index in [1.54, 1.807) is 30.3 Å². The van der Waals surface area contributed by atoms with Gasteiger partial charge in [-0.2, -0.15) is 0 Å². The Labute approximate surface area is 206 Å². The van der Waals surface area contributed by atoms with Crippen molar-refractivity contribution in [3.8, 4) is 11.5 Å². The van der Waals surface area contributed by atoms with E-state index in [1.807, 2.05) is 30.3 Å². The predicted octanol–water partition coefficient (Wildman–Crippen LogP) is 6.12. The fourth-order valence-corrected chi connectivity index (χ4v) is 4.28. The molecule has 0 amide bonds. The van der Waals surface area contributed by atoms with Gasteiger partial charge >= 0.3 is 5.97 Å². The molecule has 0 aromatic heterocycles. The molecule has 0 unspecified atom stereocenters. The van der Waals surface area contributed by atoms with Crippen molar-refractivity contribution in [1.82, 2.24) is 0 Å². The summed E-state index contributed by atoms with van der Waals surface area (Å²) in [4.78, 5) is 16.7. The van der Waals surface area contributed by atoms with Crippen molar-refractivity contribution in [2.75, 3.05) is 7.11 Å². The van der Waals surface area contributed by atoms with Crippen molar-refractivity contribution in [1.29, 1.82) is 0 Å². The summed E-state index contributed by atoms with van der Waals surface area (Å²) < 4.78 is 32.1. The molecular formula is C24H16BrFINO4. The number of halogens is 3. The van der Waals surface area contributed by atoms with Crippen LogP contribution in [0.2, 0.25) is 0 Å². The number of esters is 1. The maximum Gasteiger partial charge on any atom is 0.363 e. The fourth-order valence-electron chi connectivity index (χ4n) is 3.05. The average molecular weight is 608 g/mol. The van der Waals surface area contributed by atoms with Crippen molar-refractivity contribution >= 4 is 56.5 Å². The standard InChI is InChI=1S/C24H16BrFINO4/c1-30-21-12-14(10-19(27)22(21)31-13-15-6-2-5-9-18(15)26)11-20-24(29)32-23(28-20)16-7-3-4-8-17(16)25/h2-12H,13H2,1H3/b20-11-. The monoisotopic (exact) mass is 607 g/mol. The SMILES string of the molecule is COc1cc(/C=C2\N=C(c3ccccc3Br)OC2=O)cc(I)c1OCc1ccccc1F. The number of aliphatic imine (C=N–C) groups is 1. The fraction of sp³-hybridized carbons (Fsp3) is 0.0833. The summed E-state index contributed by atoms with van der Waals surface area (Å²) in [6.45, 7) is 0.0609. The van der Waals surface area contributed by atoms with Crippen LogP contribution in [0.5, 0.6) is 11.5 Å². The lowest BCUT2D eigenvalue weighted by Crippen LogP contribution is -2.06. The largest absolute Gasteiger partial charge is 0.493 e. The molecule has 0 bridgehead atoms. The summed E-state index contributed by atoms with van der Waals surface area (Å²) in [5, 5.41) is 0. The molecule has 0 saturated heterocycles. The zero-order valence-corrected chi connectivity index (χ0v) is 20.5. The summed E-state index contributed by atoms with van der Waals surface area (Å²) in [5.74, 6) is 0.317. The second-order valence-corrected chi connectivity index (χ2v) is 8.75. The molecule has 0 atom stereocenters. The van der Waals surface area contributed by atoms with E-state index >= 15 is 0 Å². The molecule has 32 heavy (non-hydrogen) atoms. The third-order valence-electron chi connectivity index (χ3n) is 4.61. The molecule has 0 aliphatic carbocycles. The molecule has 3 aromatic carbocycles. The third kappa shape index (κ3) is 4.86. The van der Waals surface area contributed by atoms with Gasteiger partial charge in [-0.15, -0.1) is 0 Å². The van der Waals surface area contributed by atoms with Gasteiger partial charge in [0.25, 0.3) is 0 Å². The summed E-state index contributed by atoms with van der Waals surface area (Å²) in [5.41, 5.74) is 2.00. The minimum atomic E-state index is -0.537. The summed E-state index contributed by atoms with van der Waals surface area (Å²) in [7, 11) is 1.52. The van der Waals surface area contributed by atoms with Crippen LogP contribution in [-0.2, 0) is 16.1 Å². The first-order valence-electron chi connectivity index (χ1n) is 9.47. The first kappa shape index (κ1) is 22.5. The van der Waals surface area contributed by atoms with E-state index in [9.17, 15) is 9.18 Å². The number of hydrogen-bond acceptors (Lipinski definition) is 5. The van der Waals surface area contributed by atoms with Gasteiger partial charge in [-0.25, -0.2) is 14.2 Å². The number of methoxy groups -OCH3 is 1. The van der Waals surface area contributed by atoms with Crippen LogP contribution in [0.15, 0.2) is 75.8 Å². The molecule has 1 heterocycles. The lowest BCUT2D eigenvalue weighted by molar-refractivity contribution is -0.129. The number of cyclic esters (lactones) is 1. The van der Waals surface area contributed by atoms with Crippen molar-refractivity contribution in [2.24, 2.45) is 4.99 Å². The van der Waals surface area contributed by atoms with E-state index in [1.165, 1.54) is 13.2 Å². The van der Waals surface area contributed by atoms with Crippen LogP contribution in [0.25, 0.3) is 6.08 Å². The Balaban J connectivity index is 1.61. The van der Waals surface area contributed by atoms with E-state index in [2.05, 4.69) is 43.5 Å². The average Bonchev–Trinajstić information content (AvgIpc) is 3.14. The number of carbonyl (C=O) groups excluding carboxylic acids is 1. The van der Waals surface area contributed by atoms with Crippen molar-refractivity contribution in [3.63, 3.8) is 0 Å². The van der Waals surface area contributed by atoms with E-state index in [0.717, 1.165) is 8.04 Å². The van der Waals surface area contributed by atoms with Crippen LogP contribution < -0.4 is 9.47 Å². The Morgan fingerprint density at radius 3 is 2.66 bits per heavy atom. The molecule has 0 spiro atoms. The highest BCUT2D eigenvalue weighted by molar-refractivity contribution is 14.1. The maximum atomic E-state index is 13.9. The molecule has 0 N–H and O–H groups in total. The van der Waals surface area contributed by atoms with Gasteiger partial charge in [0, 0.05) is 10.0 Å². The van der Waals surface area contributed by atoms with Gasteiger partial charge < -0.3 is 14.2 Å². The van der Waals surface area contributed by atoms with Crippen molar-refractivity contribution < 1.29 is 23.4 Å². The molecule has 1 aliphatic heterocycles. The van der Waals surface area contributed by atoms with E-state index < -0.39 is 5.97 Å². The Morgan fingerprint density at radius 1 is 1.16 bits per heavy atom. The number of benzene rings is 3. The van der Waals surface area contributed by atoms with Crippen molar-refractivity contribution in [2.45, 2.75) is 6.61 Å². The molecule has 0 fully saturated rings. The van der Waals surface area contributed by atoms with Crippen LogP contribution in [0.3, 0.4) is 0 Å². The highest BCUT2D eigenvalue weighted by atomic mass is 127. The minimum Gasteiger partial charge on any atom is -0.493 e. The zero-order chi connectivity index (χ0) is 22.7. The first-order chi connectivity index (χ1) is 15.5. The van der Waals surface area contributed by atoms with E-state index in [-0.39, 0.29) is 24.0 Å². The Kier molecular flexibility index (Phi) is 6.90. The van der Waals surface area contributed by atoms with E-state index in [4.69, 9.17) is 14.2 Å². The Morgan fingerprint density at radius 2 is 1.91 bits per heavy atom. The zero-order valence-electron chi connectivity index (χ0n) is 16.8. The van der Waals surface area contributed by atoms with Crippen LogP contribution in [-0.4, -0.2) is 19.0 Å². The predicted molar refractivity (Wildman–Crippen MR) is 131 cm³/mol. The smallest absolute Gasteiger partial charge is 0.363 e. The van der Waals surface area contributed by atoms with Gasteiger partial charge in [0.1, 0.15) is 12.4 Å². The third-order valence-corrected chi connectivity index (χ3v) is 6.10. The molecule has 8 heteroatoms. The molecule has 3 aromatic rings. The second-order valence-electron chi connectivity index (χ2n) is 6.73. The molecule has 5 nitrogen and oxygen atoms in total. The number of carbonyl (C=O) groups is 1. The van der Waals surface area contributed by atoms with Gasteiger partial charge in [-0.05, 0) is 80.5 Å². The lowest BCUT2D eigenvalue weighted by Gasteiger charge is -2.14. The van der Waals surface area contributed by atoms with Crippen LogP contribution in [0, 0.1) is 9.39 Å². The molecular weight excluding hydrogens is 592 g/mol. The van der Waals surface area contributed by atoms with Crippen molar-refractivity contribution in [3.05, 3.63) is 96.9 Å². The highest BCUT2D eigenvalue weighted by Crippen LogP contribution is 2.36. The second kappa shape index (κ2) is 9.83. The maximum absolute atomic E-state index is 13.9. The summed E-state index contributed by atoms with van der Waals surface area (Å²) in [6, 6.07) is 17.4. The van der Waals surface area contributed by atoms with Gasteiger partial charge in [-0.1, -0.05) is 30.3 Å². The number of rotatable bonds is 6. The normalized spacial score (nSPS) is 14.3. The molecule has 0 radical (unpaired) electrons. The van der Waals surface area contributed by atoms with Crippen LogP contribution in [0.1, 0.15) is 16.7 Å². The Hall–Kier alpha value is -2.72.